The highest BCUT2D eigenvalue weighted by Gasteiger charge is 2.19. The lowest BCUT2D eigenvalue weighted by Crippen LogP contribution is -2.43. The first-order chi connectivity index (χ1) is 8.54. The normalized spacial score (nSPS) is 11.9. The van der Waals surface area contributed by atoms with E-state index < -0.39 is 11.9 Å². The van der Waals surface area contributed by atoms with Gasteiger partial charge in [0.2, 0.25) is 0 Å². The molecule has 1 heterocycles. The van der Waals surface area contributed by atoms with E-state index in [-0.39, 0.29) is 19.1 Å². The SMILES string of the molecule is CCN(CC(C)C(=O)O)C(=O)NCc1ncn[nH]1. The number of nitrogens with zero attached hydrogens (tertiary/aromatic N) is 3. The summed E-state index contributed by atoms with van der Waals surface area (Å²) in [6.45, 7) is 4.21. The van der Waals surface area contributed by atoms with E-state index in [1.165, 1.54) is 11.2 Å². The number of aliphatic carboxylic acids is 1. The molecule has 1 aromatic rings. The first-order valence-electron chi connectivity index (χ1n) is 5.64. The standard InChI is InChI=1S/C10H17N5O3/c1-3-15(5-7(2)9(16)17)10(18)11-4-8-12-6-13-14-8/h6-7H,3-5H2,1-2H3,(H,11,18)(H,16,17)(H,12,13,14). The van der Waals surface area contributed by atoms with Gasteiger partial charge in [-0.3, -0.25) is 9.89 Å². The zero-order valence-corrected chi connectivity index (χ0v) is 10.4. The topological polar surface area (TPSA) is 111 Å². The fourth-order valence-corrected chi connectivity index (χ4v) is 1.35. The maximum Gasteiger partial charge on any atom is 0.317 e. The third-order valence-electron chi connectivity index (χ3n) is 2.46. The molecule has 2 amide bonds. The van der Waals surface area contributed by atoms with Crippen LogP contribution in [0.2, 0.25) is 0 Å². The number of carboxylic acids is 1. The number of carbonyl (C=O) groups excluding carboxylic acids is 1. The van der Waals surface area contributed by atoms with Crippen molar-refractivity contribution in [2.45, 2.75) is 20.4 Å². The van der Waals surface area contributed by atoms with E-state index in [0.29, 0.717) is 12.4 Å². The van der Waals surface area contributed by atoms with E-state index in [0.717, 1.165) is 0 Å². The van der Waals surface area contributed by atoms with Gasteiger partial charge in [-0.15, -0.1) is 0 Å². The number of urea groups is 1. The van der Waals surface area contributed by atoms with Crippen LogP contribution in [-0.4, -0.2) is 50.3 Å². The molecule has 0 saturated carbocycles. The third-order valence-corrected chi connectivity index (χ3v) is 2.46. The van der Waals surface area contributed by atoms with Crippen molar-refractivity contribution in [1.29, 1.82) is 0 Å². The molecule has 1 unspecified atom stereocenters. The summed E-state index contributed by atoms with van der Waals surface area (Å²) in [5.74, 6) is -0.969. The Morgan fingerprint density at radius 2 is 2.33 bits per heavy atom. The Balaban J connectivity index is 2.44. The summed E-state index contributed by atoms with van der Waals surface area (Å²) in [5.41, 5.74) is 0. The van der Waals surface area contributed by atoms with Crippen molar-refractivity contribution in [2.24, 2.45) is 5.92 Å². The lowest BCUT2D eigenvalue weighted by Gasteiger charge is -2.22. The van der Waals surface area contributed by atoms with E-state index in [1.54, 1.807) is 13.8 Å². The minimum absolute atomic E-state index is 0.175. The number of nitrogens with one attached hydrogen (secondary N) is 2. The fraction of sp³-hybridized carbons (Fsp3) is 0.600. The van der Waals surface area contributed by atoms with E-state index in [4.69, 9.17) is 5.11 Å². The highest BCUT2D eigenvalue weighted by atomic mass is 16.4. The van der Waals surface area contributed by atoms with Gasteiger partial charge in [0.05, 0.1) is 12.5 Å². The molecule has 0 aliphatic heterocycles. The molecule has 0 aliphatic rings. The smallest absolute Gasteiger partial charge is 0.317 e. The number of aromatic nitrogens is 3. The van der Waals surface area contributed by atoms with Crippen molar-refractivity contribution >= 4 is 12.0 Å². The average Bonchev–Trinajstić information content (AvgIpc) is 2.85. The molecule has 1 atom stereocenters. The predicted octanol–water partition coefficient (Wildman–Crippen LogP) is 0.0569. The lowest BCUT2D eigenvalue weighted by molar-refractivity contribution is -0.141. The van der Waals surface area contributed by atoms with Crippen LogP contribution in [0.5, 0.6) is 0 Å². The van der Waals surface area contributed by atoms with Gasteiger partial charge in [0.15, 0.2) is 0 Å². The Hall–Kier alpha value is -2.12. The minimum Gasteiger partial charge on any atom is -0.481 e. The Morgan fingerprint density at radius 3 is 2.83 bits per heavy atom. The van der Waals surface area contributed by atoms with Crippen molar-refractivity contribution in [3.63, 3.8) is 0 Å². The molecular formula is C10H17N5O3. The van der Waals surface area contributed by atoms with Crippen LogP contribution in [0.4, 0.5) is 4.79 Å². The van der Waals surface area contributed by atoms with Crippen LogP contribution >= 0.6 is 0 Å². The number of amides is 2. The van der Waals surface area contributed by atoms with Crippen molar-refractivity contribution < 1.29 is 14.7 Å². The predicted molar refractivity (Wildman–Crippen MR) is 62.7 cm³/mol. The Kier molecular flexibility index (Phi) is 5.09. The summed E-state index contributed by atoms with van der Waals surface area (Å²) >= 11 is 0. The van der Waals surface area contributed by atoms with Gasteiger partial charge in [-0.1, -0.05) is 6.92 Å². The molecule has 0 saturated heterocycles. The monoisotopic (exact) mass is 255 g/mol. The molecule has 8 nitrogen and oxygen atoms in total. The lowest BCUT2D eigenvalue weighted by atomic mass is 10.2. The second-order valence-corrected chi connectivity index (χ2v) is 3.87. The van der Waals surface area contributed by atoms with Crippen LogP contribution in [0.3, 0.4) is 0 Å². The fourth-order valence-electron chi connectivity index (χ4n) is 1.35. The van der Waals surface area contributed by atoms with E-state index in [2.05, 4.69) is 20.5 Å². The number of aromatic amines is 1. The van der Waals surface area contributed by atoms with Crippen LogP contribution in [0.15, 0.2) is 6.33 Å². The highest BCUT2D eigenvalue weighted by molar-refractivity contribution is 5.75. The number of hydrogen-bond donors (Lipinski definition) is 3. The van der Waals surface area contributed by atoms with Crippen molar-refractivity contribution in [2.75, 3.05) is 13.1 Å². The van der Waals surface area contributed by atoms with Gasteiger partial charge in [-0.25, -0.2) is 9.78 Å². The maximum absolute atomic E-state index is 11.8. The first kappa shape index (κ1) is 13.9. The molecule has 8 heteroatoms. The molecule has 18 heavy (non-hydrogen) atoms. The van der Waals surface area contributed by atoms with Gasteiger partial charge in [0.1, 0.15) is 12.2 Å². The Labute approximate surface area is 104 Å². The molecule has 1 aromatic heterocycles. The zero-order valence-electron chi connectivity index (χ0n) is 10.4. The summed E-state index contributed by atoms with van der Waals surface area (Å²) < 4.78 is 0. The van der Waals surface area contributed by atoms with Crippen LogP contribution in [0.1, 0.15) is 19.7 Å². The Bertz CT molecular complexity index is 392. The van der Waals surface area contributed by atoms with E-state index in [9.17, 15) is 9.59 Å². The molecule has 0 bridgehead atoms. The third kappa shape index (κ3) is 4.04. The highest BCUT2D eigenvalue weighted by Crippen LogP contribution is 2.01. The van der Waals surface area contributed by atoms with Gasteiger partial charge in [-0.2, -0.15) is 5.10 Å². The van der Waals surface area contributed by atoms with Crippen LogP contribution in [-0.2, 0) is 11.3 Å². The second kappa shape index (κ2) is 6.58. The molecule has 0 aliphatic carbocycles. The van der Waals surface area contributed by atoms with Crippen LogP contribution < -0.4 is 5.32 Å². The molecule has 100 valence electrons. The minimum atomic E-state index is -0.920. The molecule has 0 radical (unpaired) electrons. The van der Waals surface area contributed by atoms with Gasteiger partial charge >= 0.3 is 12.0 Å². The molecule has 1 rings (SSSR count). The zero-order chi connectivity index (χ0) is 13.5. The summed E-state index contributed by atoms with van der Waals surface area (Å²) in [6, 6.07) is -0.318. The van der Waals surface area contributed by atoms with Crippen molar-refractivity contribution in [3.8, 4) is 0 Å². The maximum atomic E-state index is 11.8. The Morgan fingerprint density at radius 1 is 1.61 bits per heavy atom. The van der Waals surface area contributed by atoms with Crippen LogP contribution in [0.25, 0.3) is 0 Å². The molecule has 0 fully saturated rings. The number of carboxylic acid groups (broad SMARTS) is 1. The van der Waals surface area contributed by atoms with Crippen LogP contribution in [0, 0.1) is 5.92 Å². The molecular weight excluding hydrogens is 238 g/mol. The summed E-state index contributed by atoms with van der Waals surface area (Å²) in [7, 11) is 0. The van der Waals surface area contributed by atoms with Gasteiger partial charge in [-0.05, 0) is 6.92 Å². The second-order valence-electron chi connectivity index (χ2n) is 3.87. The number of carbonyl (C=O) groups is 2. The first-order valence-corrected chi connectivity index (χ1v) is 5.64. The van der Waals surface area contributed by atoms with Gasteiger partial charge in [0, 0.05) is 13.1 Å². The number of rotatable bonds is 6. The summed E-state index contributed by atoms with van der Waals surface area (Å²) in [6.07, 6.45) is 1.35. The van der Waals surface area contributed by atoms with Crippen molar-refractivity contribution in [1.82, 2.24) is 25.4 Å². The van der Waals surface area contributed by atoms with Gasteiger partial charge < -0.3 is 15.3 Å². The molecule has 3 N–H and O–H groups in total. The largest absolute Gasteiger partial charge is 0.481 e. The van der Waals surface area contributed by atoms with Gasteiger partial charge in [0.25, 0.3) is 0 Å². The number of hydrogen-bond acceptors (Lipinski definition) is 4. The molecule has 0 spiro atoms. The average molecular weight is 255 g/mol. The van der Waals surface area contributed by atoms with Crippen molar-refractivity contribution in [3.05, 3.63) is 12.2 Å². The molecule has 0 aromatic carbocycles. The quantitative estimate of drug-likeness (QED) is 0.665. The van der Waals surface area contributed by atoms with E-state index in [1.807, 2.05) is 0 Å². The summed E-state index contributed by atoms with van der Waals surface area (Å²) in [5, 5.41) is 17.7. The number of H-pyrrole nitrogens is 1. The summed E-state index contributed by atoms with van der Waals surface area (Å²) in [4.78, 5) is 27.8. The van der Waals surface area contributed by atoms with E-state index >= 15 is 0 Å².